The van der Waals surface area contributed by atoms with Crippen LogP contribution in [0.3, 0.4) is 0 Å². The average Bonchev–Trinajstić information content (AvgIpc) is 2.47. The van der Waals surface area contributed by atoms with Crippen molar-refractivity contribution in [2.45, 2.75) is 30.7 Å². The van der Waals surface area contributed by atoms with Gasteiger partial charge >= 0.3 is 0 Å². The molecule has 21 heavy (non-hydrogen) atoms. The predicted octanol–water partition coefficient (Wildman–Crippen LogP) is -0.540. The molecular weight excluding hydrogens is 282 g/mol. The van der Waals surface area contributed by atoms with Crippen LogP contribution in [-0.4, -0.2) is 57.8 Å². The summed E-state index contributed by atoms with van der Waals surface area (Å²) in [6, 6.07) is 8.73. The molecule has 8 nitrogen and oxygen atoms in total. The fourth-order valence-corrected chi connectivity index (χ4v) is 2.20. The Morgan fingerprint density at radius 3 is 2.52 bits per heavy atom. The number of ether oxygens (including phenoxy) is 2. The lowest BCUT2D eigenvalue weighted by atomic mass is 10.0. The molecule has 8 heteroatoms. The van der Waals surface area contributed by atoms with Gasteiger partial charge in [-0.25, -0.2) is 0 Å². The number of hydrogen-bond acceptors (Lipinski definition) is 7. The first-order valence-electron chi connectivity index (χ1n) is 6.47. The fraction of sp³-hybridized carbons (Fsp3) is 0.538. The first kappa shape index (κ1) is 15.8. The standard InChI is InChI=1S/C13H17NO7/c15-7-10-11(17)12(9(16)6-14(18)19)21-13(20-10)8-4-2-1-3-5-8/h1-5,9-13,15-17H,6-7H2/t9-,10+,11-,12-,13?/m1/s1. The fourth-order valence-electron chi connectivity index (χ4n) is 2.20. The molecule has 2 rings (SSSR count). The predicted molar refractivity (Wildman–Crippen MR) is 69.9 cm³/mol. The summed E-state index contributed by atoms with van der Waals surface area (Å²) >= 11 is 0. The number of aliphatic hydroxyl groups excluding tert-OH is 3. The molecule has 116 valence electrons. The Balaban J connectivity index is 2.17. The van der Waals surface area contributed by atoms with E-state index in [1.165, 1.54) is 0 Å². The van der Waals surface area contributed by atoms with Gasteiger partial charge in [0, 0.05) is 10.5 Å². The highest BCUT2D eigenvalue weighted by Gasteiger charge is 2.43. The SMILES string of the molecule is O=[N+]([O-])C[C@@H](O)[C@H]1OC(c2ccccc2)O[C@@H](CO)[C@H]1O. The van der Waals surface area contributed by atoms with Crippen LogP contribution in [0.5, 0.6) is 0 Å². The molecule has 3 N–H and O–H groups in total. The third-order valence-corrected chi connectivity index (χ3v) is 3.26. The lowest BCUT2D eigenvalue weighted by Crippen LogP contribution is -2.55. The summed E-state index contributed by atoms with van der Waals surface area (Å²) in [5.41, 5.74) is 0.626. The largest absolute Gasteiger partial charge is 0.394 e. The molecule has 1 saturated heterocycles. The van der Waals surface area contributed by atoms with E-state index in [9.17, 15) is 25.4 Å². The van der Waals surface area contributed by atoms with E-state index in [1.54, 1.807) is 30.3 Å². The van der Waals surface area contributed by atoms with Gasteiger partial charge in [0.25, 0.3) is 0 Å². The van der Waals surface area contributed by atoms with Gasteiger partial charge in [0.05, 0.1) is 6.61 Å². The average molecular weight is 299 g/mol. The van der Waals surface area contributed by atoms with Crippen LogP contribution < -0.4 is 0 Å². The molecule has 1 aromatic carbocycles. The normalized spacial score (nSPS) is 30.8. The molecule has 1 aliphatic heterocycles. The van der Waals surface area contributed by atoms with Crippen LogP contribution in [-0.2, 0) is 9.47 Å². The Morgan fingerprint density at radius 1 is 1.29 bits per heavy atom. The summed E-state index contributed by atoms with van der Waals surface area (Å²) in [7, 11) is 0. The molecule has 5 atom stereocenters. The minimum absolute atomic E-state index is 0.491. The van der Waals surface area contributed by atoms with E-state index in [-0.39, 0.29) is 0 Å². The number of nitro groups is 1. The molecule has 1 unspecified atom stereocenters. The number of aliphatic hydroxyl groups is 3. The van der Waals surface area contributed by atoms with Gasteiger partial charge in [-0.1, -0.05) is 30.3 Å². The summed E-state index contributed by atoms with van der Waals surface area (Å²) in [6.45, 7) is -1.25. The first-order valence-corrected chi connectivity index (χ1v) is 6.47. The molecule has 0 saturated carbocycles. The molecule has 1 aliphatic rings. The summed E-state index contributed by atoms with van der Waals surface area (Å²) in [6.07, 6.45) is -5.98. The smallest absolute Gasteiger partial charge is 0.232 e. The number of benzene rings is 1. The summed E-state index contributed by atoms with van der Waals surface area (Å²) < 4.78 is 10.9. The Hall–Kier alpha value is -1.58. The third-order valence-electron chi connectivity index (χ3n) is 3.26. The highest BCUT2D eigenvalue weighted by atomic mass is 16.7. The van der Waals surface area contributed by atoms with Crippen molar-refractivity contribution >= 4 is 0 Å². The van der Waals surface area contributed by atoms with Crippen LogP contribution in [0, 0.1) is 10.1 Å². The van der Waals surface area contributed by atoms with Crippen molar-refractivity contribution in [2.24, 2.45) is 0 Å². The van der Waals surface area contributed by atoms with Crippen LogP contribution in [0.4, 0.5) is 0 Å². The Labute approximate surface area is 120 Å². The van der Waals surface area contributed by atoms with Crippen LogP contribution >= 0.6 is 0 Å². The highest BCUT2D eigenvalue weighted by Crippen LogP contribution is 2.31. The van der Waals surface area contributed by atoms with Crippen molar-refractivity contribution in [1.82, 2.24) is 0 Å². The summed E-state index contributed by atoms with van der Waals surface area (Å²) in [4.78, 5) is 9.80. The minimum Gasteiger partial charge on any atom is -0.394 e. The minimum atomic E-state index is -1.50. The van der Waals surface area contributed by atoms with Crippen LogP contribution in [0.15, 0.2) is 30.3 Å². The van der Waals surface area contributed by atoms with Crippen molar-refractivity contribution < 1.29 is 29.7 Å². The second-order valence-electron chi connectivity index (χ2n) is 4.77. The first-order chi connectivity index (χ1) is 10.0. The van der Waals surface area contributed by atoms with Crippen molar-refractivity contribution in [1.29, 1.82) is 0 Å². The second-order valence-corrected chi connectivity index (χ2v) is 4.77. The van der Waals surface area contributed by atoms with Gasteiger partial charge in [-0.3, -0.25) is 10.1 Å². The van der Waals surface area contributed by atoms with Crippen LogP contribution in [0.2, 0.25) is 0 Å². The van der Waals surface area contributed by atoms with Crippen molar-refractivity contribution in [2.75, 3.05) is 13.2 Å². The maximum absolute atomic E-state index is 10.5. The van der Waals surface area contributed by atoms with Gasteiger partial charge in [0.2, 0.25) is 6.54 Å². The number of rotatable bonds is 5. The van der Waals surface area contributed by atoms with E-state index >= 15 is 0 Å². The number of hydrogen-bond donors (Lipinski definition) is 3. The third kappa shape index (κ3) is 3.74. The molecule has 0 aromatic heterocycles. The van der Waals surface area contributed by atoms with Crippen LogP contribution in [0.1, 0.15) is 11.9 Å². The van der Waals surface area contributed by atoms with E-state index in [2.05, 4.69) is 0 Å². The monoisotopic (exact) mass is 299 g/mol. The van der Waals surface area contributed by atoms with E-state index in [4.69, 9.17) is 9.47 Å². The maximum atomic E-state index is 10.5. The molecule has 1 aromatic rings. The summed E-state index contributed by atoms with van der Waals surface area (Å²) in [5.74, 6) is 0. The van der Waals surface area contributed by atoms with Gasteiger partial charge in [0.15, 0.2) is 6.29 Å². The molecular formula is C13H17NO7. The number of nitrogens with zero attached hydrogens (tertiary/aromatic N) is 1. The van der Waals surface area contributed by atoms with Gasteiger partial charge in [-0.05, 0) is 0 Å². The maximum Gasteiger partial charge on any atom is 0.232 e. The van der Waals surface area contributed by atoms with Crippen LogP contribution in [0.25, 0.3) is 0 Å². The lowest BCUT2D eigenvalue weighted by Gasteiger charge is -2.40. The van der Waals surface area contributed by atoms with Gasteiger partial charge in [0.1, 0.15) is 24.4 Å². The highest BCUT2D eigenvalue weighted by molar-refractivity contribution is 5.16. The Morgan fingerprint density at radius 2 is 1.95 bits per heavy atom. The molecule has 0 spiro atoms. The summed E-state index contributed by atoms with van der Waals surface area (Å²) in [5, 5.41) is 39.6. The van der Waals surface area contributed by atoms with Gasteiger partial charge in [-0.2, -0.15) is 0 Å². The lowest BCUT2D eigenvalue weighted by molar-refractivity contribution is -0.496. The molecule has 1 heterocycles. The van der Waals surface area contributed by atoms with Crippen molar-refractivity contribution in [3.8, 4) is 0 Å². The topological polar surface area (TPSA) is 122 Å². The second kappa shape index (κ2) is 6.92. The molecule has 0 bridgehead atoms. The van der Waals surface area contributed by atoms with Crippen molar-refractivity contribution in [3.05, 3.63) is 46.0 Å². The molecule has 0 aliphatic carbocycles. The Bertz CT molecular complexity index is 469. The zero-order valence-corrected chi connectivity index (χ0v) is 11.1. The van der Waals surface area contributed by atoms with E-state index < -0.39 is 48.8 Å². The van der Waals surface area contributed by atoms with E-state index in [0.717, 1.165) is 0 Å². The molecule has 1 fully saturated rings. The van der Waals surface area contributed by atoms with E-state index in [1.807, 2.05) is 0 Å². The zero-order chi connectivity index (χ0) is 15.4. The van der Waals surface area contributed by atoms with E-state index in [0.29, 0.717) is 5.56 Å². The molecule has 0 amide bonds. The van der Waals surface area contributed by atoms with Gasteiger partial charge in [-0.15, -0.1) is 0 Å². The zero-order valence-electron chi connectivity index (χ0n) is 11.1. The van der Waals surface area contributed by atoms with Crippen molar-refractivity contribution in [3.63, 3.8) is 0 Å². The van der Waals surface area contributed by atoms with Gasteiger partial charge < -0.3 is 24.8 Å². The molecule has 0 radical (unpaired) electrons. The quantitative estimate of drug-likeness (QED) is 0.493. The Kier molecular flexibility index (Phi) is 5.21.